The lowest BCUT2D eigenvalue weighted by Crippen LogP contribution is -2.55. The van der Waals surface area contributed by atoms with E-state index in [1.165, 1.54) is 16.3 Å². The Balaban J connectivity index is 1.07. The largest absolute Gasteiger partial charge is 0.444 e. The summed E-state index contributed by atoms with van der Waals surface area (Å²) in [5.74, 6) is 0.133. The lowest BCUT2D eigenvalue weighted by atomic mass is 9.80. The molecule has 5 heteroatoms. The number of carbonyl (C=O) groups is 1. The van der Waals surface area contributed by atoms with E-state index in [4.69, 9.17) is 14.2 Å². The predicted octanol–water partition coefficient (Wildman–Crippen LogP) is 11.2. The van der Waals surface area contributed by atoms with Crippen LogP contribution in [0.4, 0.5) is 4.79 Å². The SMILES string of the molecule is CC(C)(C)OC(=O)N1C2CCC1C(OCc1ccc3ccccc3c1)C(c1ccc(COC(c3ccccc3)(c3ccccc3)c3ccccc3)cc1)C2. The molecular formula is C49H49NO4. The molecule has 274 valence electrons. The zero-order chi connectivity index (χ0) is 37.1. The average Bonchev–Trinajstić information content (AvgIpc) is 3.53. The highest BCUT2D eigenvalue weighted by Gasteiger charge is 2.51. The van der Waals surface area contributed by atoms with Gasteiger partial charge in [0.25, 0.3) is 0 Å². The number of ether oxygens (including phenoxy) is 3. The Bertz CT molecular complexity index is 2060. The fourth-order valence-electron chi connectivity index (χ4n) is 8.66. The van der Waals surface area contributed by atoms with E-state index >= 15 is 0 Å². The molecule has 0 spiro atoms. The lowest BCUT2D eigenvalue weighted by Gasteiger charge is -2.44. The summed E-state index contributed by atoms with van der Waals surface area (Å²) in [4.78, 5) is 15.6. The van der Waals surface area contributed by atoms with Crippen LogP contribution in [0.2, 0.25) is 0 Å². The third kappa shape index (κ3) is 7.31. The van der Waals surface area contributed by atoms with Gasteiger partial charge in [-0.1, -0.05) is 152 Å². The molecule has 0 N–H and O–H groups in total. The number of nitrogens with zero attached hydrogens (tertiary/aromatic N) is 1. The average molecular weight is 716 g/mol. The Labute approximate surface area is 319 Å². The molecule has 8 rings (SSSR count). The van der Waals surface area contributed by atoms with Crippen LogP contribution in [0, 0.1) is 0 Å². The maximum atomic E-state index is 13.6. The van der Waals surface area contributed by atoms with Crippen molar-refractivity contribution in [2.45, 2.75) is 88.6 Å². The summed E-state index contributed by atoms with van der Waals surface area (Å²) in [6, 6.07) is 55.4. The first kappa shape index (κ1) is 35.8. The summed E-state index contributed by atoms with van der Waals surface area (Å²) < 4.78 is 20.0. The first-order chi connectivity index (χ1) is 26.3. The van der Waals surface area contributed by atoms with E-state index in [-0.39, 0.29) is 30.2 Å². The van der Waals surface area contributed by atoms with E-state index in [9.17, 15) is 4.79 Å². The van der Waals surface area contributed by atoms with Crippen molar-refractivity contribution in [2.75, 3.05) is 0 Å². The summed E-state index contributed by atoms with van der Waals surface area (Å²) >= 11 is 0. The van der Waals surface area contributed by atoms with Crippen LogP contribution in [0.15, 0.2) is 158 Å². The van der Waals surface area contributed by atoms with Crippen molar-refractivity contribution < 1.29 is 19.0 Å². The molecule has 5 nitrogen and oxygen atoms in total. The van der Waals surface area contributed by atoms with E-state index in [1.807, 2.05) is 43.9 Å². The van der Waals surface area contributed by atoms with E-state index in [0.717, 1.165) is 47.1 Å². The van der Waals surface area contributed by atoms with Crippen molar-refractivity contribution in [1.29, 1.82) is 0 Å². The Kier molecular flexibility index (Phi) is 10.1. The van der Waals surface area contributed by atoms with E-state index in [1.54, 1.807) is 0 Å². The topological polar surface area (TPSA) is 48.0 Å². The predicted molar refractivity (Wildman–Crippen MR) is 215 cm³/mol. The lowest BCUT2D eigenvalue weighted by molar-refractivity contribution is -0.0667. The van der Waals surface area contributed by atoms with Crippen LogP contribution in [0.3, 0.4) is 0 Å². The van der Waals surface area contributed by atoms with Crippen LogP contribution in [0.1, 0.15) is 79.3 Å². The summed E-state index contributed by atoms with van der Waals surface area (Å²) in [6.45, 7) is 6.69. The molecule has 4 unspecified atom stereocenters. The quantitative estimate of drug-likeness (QED) is 0.133. The molecule has 0 radical (unpaired) electrons. The van der Waals surface area contributed by atoms with Crippen molar-refractivity contribution in [3.63, 3.8) is 0 Å². The molecule has 0 saturated carbocycles. The number of amides is 1. The Hall–Kier alpha value is -5.23. The molecule has 2 bridgehead atoms. The van der Waals surface area contributed by atoms with Gasteiger partial charge >= 0.3 is 6.09 Å². The number of rotatable bonds is 10. The van der Waals surface area contributed by atoms with Crippen LogP contribution in [-0.4, -0.2) is 34.8 Å². The van der Waals surface area contributed by atoms with Gasteiger partial charge in [-0.05, 0) is 90.3 Å². The zero-order valence-corrected chi connectivity index (χ0v) is 31.4. The van der Waals surface area contributed by atoms with Crippen LogP contribution >= 0.6 is 0 Å². The number of carbonyl (C=O) groups excluding carboxylic acids is 1. The van der Waals surface area contributed by atoms with Crippen molar-refractivity contribution in [3.05, 3.63) is 191 Å². The van der Waals surface area contributed by atoms with Crippen molar-refractivity contribution in [2.24, 2.45) is 0 Å². The molecule has 4 atom stereocenters. The molecule has 6 aromatic rings. The minimum Gasteiger partial charge on any atom is -0.444 e. The number of hydrogen-bond donors (Lipinski definition) is 0. The molecule has 0 aromatic heterocycles. The first-order valence-corrected chi connectivity index (χ1v) is 19.3. The summed E-state index contributed by atoms with van der Waals surface area (Å²) in [6.07, 6.45) is 2.26. The highest BCUT2D eigenvalue weighted by molar-refractivity contribution is 5.83. The van der Waals surface area contributed by atoms with Gasteiger partial charge in [-0.3, -0.25) is 4.90 Å². The van der Waals surface area contributed by atoms with Crippen molar-refractivity contribution in [3.8, 4) is 0 Å². The van der Waals surface area contributed by atoms with Gasteiger partial charge in [0.15, 0.2) is 0 Å². The van der Waals surface area contributed by atoms with Gasteiger partial charge < -0.3 is 14.2 Å². The second kappa shape index (κ2) is 15.3. The van der Waals surface area contributed by atoms with Crippen molar-refractivity contribution in [1.82, 2.24) is 4.90 Å². The fourth-order valence-corrected chi connectivity index (χ4v) is 8.66. The van der Waals surface area contributed by atoms with Gasteiger partial charge in [0.1, 0.15) is 11.2 Å². The summed E-state index contributed by atoms with van der Waals surface area (Å²) in [5.41, 5.74) is 5.33. The van der Waals surface area contributed by atoms with E-state index in [2.05, 4.69) is 140 Å². The Morgan fingerprint density at radius 3 is 1.78 bits per heavy atom. The smallest absolute Gasteiger partial charge is 0.410 e. The molecule has 6 aromatic carbocycles. The van der Waals surface area contributed by atoms with Gasteiger partial charge in [0.2, 0.25) is 0 Å². The fraction of sp³-hybridized carbons (Fsp3) is 0.286. The molecule has 0 aliphatic carbocycles. The third-order valence-corrected chi connectivity index (χ3v) is 11.1. The van der Waals surface area contributed by atoms with Gasteiger partial charge in [-0.2, -0.15) is 0 Å². The highest BCUT2D eigenvalue weighted by Crippen LogP contribution is 2.46. The van der Waals surface area contributed by atoms with Crippen LogP contribution in [0.25, 0.3) is 10.8 Å². The second-order valence-corrected chi connectivity index (χ2v) is 15.8. The minimum absolute atomic E-state index is 0.0599. The molecule has 54 heavy (non-hydrogen) atoms. The Morgan fingerprint density at radius 2 is 1.19 bits per heavy atom. The standard InChI is InChI=1S/C49H49NO4/c1-48(2,3)54-47(51)50-43-29-30-45(50)46(52-33-36-25-26-37-15-13-14-16-39(37)31-36)44(32-43)38-27-23-35(24-28-38)34-53-49(40-17-7-4-8-18-40,41-19-9-5-10-20-41)42-21-11-6-12-22-42/h4-28,31,43-46H,29-30,32-34H2,1-3H3. The second-order valence-electron chi connectivity index (χ2n) is 15.8. The Morgan fingerprint density at radius 1 is 0.630 bits per heavy atom. The number of hydrogen-bond acceptors (Lipinski definition) is 4. The number of benzene rings is 6. The van der Waals surface area contributed by atoms with Gasteiger partial charge in [0, 0.05) is 12.0 Å². The summed E-state index contributed by atoms with van der Waals surface area (Å²) in [5, 5.41) is 2.41. The van der Waals surface area contributed by atoms with E-state index < -0.39 is 11.2 Å². The molecule has 2 aliphatic rings. The maximum absolute atomic E-state index is 13.6. The van der Waals surface area contributed by atoms with Crippen molar-refractivity contribution >= 4 is 16.9 Å². The van der Waals surface area contributed by atoms with Crippen LogP contribution in [0.5, 0.6) is 0 Å². The third-order valence-electron chi connectivity index (χ3n) is 11.1. The molecule has 2 saturated heterocycles. The monoisotopic (exact) mass is 715 g/mol. The number of fused-ring (bicyclic) bond motifs is 3. The van der Waals surface area contributed by atoms with Crippen LogP contribution in [-0.2, 0) is 33.0 Å². The molecular weight excluding hydrogens is 667 g/mol. The van der Waals surface area contributed by atoms with Crippen LogP contribution < -0.4 is 0 Å². The normalized spacial score (nSPS) is 19.9. The van der Waals surface area contributed by atoms with E-state index in [0.29, 0.717) is 13.2 Å². The molecule has 1 amide bonds. The van der Waals surface area contributed by atoms with Gasteiger partial charge in [0.05, 0.1) is 25.4 Å². The first-order valence-electron chi connectivity index (χ1n) is 19.3. The summed E-state index contributed by atoms with van der Waals surface area (Å²) in [7, 11) is 0. The zero-order valence-electron chi connectivity index (χ0n) is 31.4. The molecule has 2 heterocycles. The van der Waals surface area contributed by atoms with Gasteiger partial charge in [-0.15, -0.1) is 0 Å². The molecule has 2 aliphatic heterocycles. The number of piperidine rings is 1. The van der Waals surface area contributed by atoms with Gasteiger partial charge in [-0.25, -0.2) is 4.79 Å². The highest BCUT2D eigenvalue weighted by atomic mass is 16.6. The maximum Gasteiger partial charge on any atom is 0.410 e. The minimum atomic E-state index is -0.794. The molecule has 2 fully saturated rings.